The SMILES string of the molecule is CCS(=O)(=O)c1c(S(=O)(=O)CC)c2c3ccccc3ccn2c1C(=O)c1cc(C)cc(C)c1. The van der Waals surface area contributed by atoms with Crippen LogP contribution in [0.1, 0.15) is 41.0 Å². The van der Waals surface area contributed by atoms with Crippen molar-refractivity contribution in [2.45, 2.75) is 37.5 Å². The summed E-state index contributed by atoms with van der Waals surface area (Å²) in [6.45, 7) is 6.62. The number of sulfone groups is 2. The third-order valence-electron chi connectivity index (χ3n) is 5.82. The van der Waals surface area contributed by atoms with Gasteiger partial charge in [-0.3, -0.25) is 4.79 Å². The van der Waals surface area contributed by atoms with Crippen LogP contribution < -0.4 is 0 Å². The van der Waals surface area contributed by atoms with Gasteiger partial charge in [-0.25, -0.2) is 16.8 Å². The Balaban J connectivity index is 2.29. The molecule has 0 saturated carbocycles. The molecule has 0 aliphatic rings. The highest BCUT2D eigenvalue weighted by Gasteiger charge is 2.37. The Labute approximate surface area is 193 Å². The molecule has 172 valence electrons. The molecule has 0 unspecified atom stereocenters. The molecular formula is C25H25NO5S2. The average molecular weight is 484 g/mol. The number of nitrogens with zero attached hydrogens (tertiary/aromatic N) is 1. The van der Waals surface area contributed by atoms with E-state index in [1.165, 1.54) is 18.2 Å². The van der Waals surface area contributed by atoms with Crippen LogP contribution in [0.5, 0.6) is 0 Å². The first-order valence-corrected chi connectivity index (χ1v) is 14.0. The lowest BCUT2D eigenvalue weighted by atomic mass is 10.0. The van der Waals surface area contributed by atoms with Crippen molar-refractivity contribution in [3.05, 3.63) is 77.1 Å². The number of ketones is 1. The van der Waals surface area contributed by atoms with Crippen molar-refractivity contribution < 1.29 is 21.6 Å². The Morgan fingerprint density at radius 3 is 2.00 bits per heavy atom. The molecule has 0 saturated heterocycles. The minimum atomic E-state index is -4.08. The first-order chi connectivity index (χ1) is 15.5. The summed E-state index contributed by atoms with van der Waals surface area (Å²) in [6.07, 6.45) is 1.58. The molecule has 0 N–H and O–H groups in total. The Hall–Kier alpha value is -2.97. The zero-order valence-electron chi connectivity index (χ0n) is 18.9. The number of carbonyl (C=O) groups is 1. The minimum Gasteiger partial charge on any atom is -0.311 e. The maximum atomic E-state index is 13.8. The van der Waals surface area contributed by atoms with E-state index in [1.54, 1.807) is 36.5 Å². The van der Waals surface area contributed by atoms with Crippen LogP contribution in [0.15, 0.2) is 64.5 Å². The molecule has 0 spiro atoms. The Morgan fingerprint density at radius 2 is 1.39 bits per heavy atom. The van der Waals surface area contributed by atoms with Gasteiger partial charge in [-0.15, -0.1) is 0 Å². The van der Waals surface area contributed by atoms with Crippen molar-refractivity contribution in [1.29, 1.82) is 0 Å². The standard InChI is InChI=1S/C25H25NO5S2/c1-5-32(28,29)24-21-20-10-8-7-9-18(20)11-12-26(21)22(25(24)33(30,31)6-2)23(27)19-14-16(3)13-17(4)15-19/h7-15H,5-6H2,1-4H3. The maximum absolute atomic E-state index is 13.8. The molecular weight excluding hydrogens is 458 g/mol. The molecule has 2 heterocycles. The molecule has 0 amide bonds. The van der Waals surface area contributed by atoms with Crippen molar-refractivity contribution in [1.82, 2.24) is 4.40 Å². The fourth-order valence-electron chi connectivity index (χ4n) is 4.28. The van der Waals surface area contributed by atoms with Gasteiger partial charge in [0, 0.05) is 17.1 Å². The molecule has 2 aromatic carbocycles. The third-order valence-corrected chi connectivity index (χ3v) is 9.51. The second-order valence-corrected chi connectivity index (χ2v) is 12.6. The first kappa shape index (κ1) is 23.2. The number of benzene rings is 2. The molecule has 0 aliphatic heterocycles. The van der Waals surface area contributed by atoms with E-state index in [2.05, 4.69) is 0 Å². The van der Waals surface area contributed by atoms with Crippen LogP contribution in [0.3, 0.4) is 0 Å². The number of hydrogen-bond donors (Lipinski definition) is 0. The molecule has 33 heavy (non-hydrogen) atoms. The second kappa shape index (κ2) is 8.11. The van der Waals surface area contributed by atoms with Crippen molar-refractivity contribution in [3.63, 3.8) is 0 Å². The maximum Gasteiger partial charge on any atom is 0.211 e. The topological polar surface area (TPSA) is 89.8 Å². The fraction of sp³-hybridized carbons (Fsp3) is 0.240. The van der Waals surface area contributed by atoms with Gasteiger partial charge in [0.15, 0.2) is 19.7 Å². The van der Waals surface area contributed by atoms with E-state index >= 15 is 0 Å². The van der Waals surface area contributed by atoms with Crippen LogP contribution in [0.4, 0.5) is 0 Å². The van der Waals surface area contributed by atoms with Crippen molar-refractivity contribution in [2.24, 2.45) is 0 Å². The predicted octanol–water partition coefficient (Wildman–Crippen LogP) is 4.53. The van der Waals surface area contributed by atoms with Gasteiger partial charge in [-0.1, -0.05) is 55.3 Å². The molecule has 8 heteroatoms. The Morgan fingerprint density at radius 1 is 0.818 bits per heavy atom. The molecule has 4 rings (SSSR count). The van der Waals surface area contributed by atoms with E-state index in [9.17, 15) is 21.6 Å². The molecule has 0 atom stereocenters. The average Bonchev–Trinajstić information content (AvgIpc) is 3.15. The molecule has 0 radical (unpaired) electrons. The summed E-state index contributed by atoms with van der Waals surface area (Å²) >= 11 is 0. The largest absolute Gasteiger partial charge is 0.311 e. The van der Waals surface area contributed by atoms with Crippen molar-refractivity contribution in [3.8, 4) is 0 Å². The van der Waals surface area contributed by atoms with Crippen LogP contribution in [0, 0.1) is 13.8 Å². The third kappa shape index (κ3) is 3.77. The lowest BCUT2D eigenvalue weighted by Crippen LogP contribution is -2.16. The number of fused-ring (bicyclic) bond motifs is 3. The van der Waals surface area contributed by atoms with E-state index in [0.29, 0.717) is 10.9 Å². The van der Waals surface area contributed by atoms with Gasteiger partial charge in [-0.2, -0.15) is 0 Å². The van der Waals surface area contributed by atoms with Crippen LogP contribution in [-0.2, 0) is 19.7 Å². The summed E-state index contributed by atoms with van der Waals surface area (Å²) in [5.41, 5.74) is 2.09. The smallest absolute Gasteiger partial charge is 0.211 e. The van der Waals surface area contributed by atoms with Crippen LogP contribution in [0.25, 0.3) is 16.3 Å². The number of rotatable bonds is 6. The summed E-state index contributed by atoms with van der Waals surface area (Å²) in [5, 5.41) is 1.32. The summed E-state index contributed by atoms with van der Waals surface area (Å²) in [7, 11) is -8.08. The number of hydrogen-bond acceptors (Lipinski definition) is 5. The molecule has 6 nitrogen and oxygen atoms in total. The van der Waals surface area contributed by atoms with Crippen LogP contribution in [-0.4, -0.2) is 38.5 Å². The highest BCUT2D eigenvalue weighted by atomic mass is 32.2. The van der Waals surface area contributed by atoms with E-state index in [0.717, 1.165) is 16.5 Å². The number of aromatic nitrogens is 1. The molecule has 2 aromatic heterocycles. The van der Waals surface area contributed by atoms with Gasteiger partial charge < -0.3 is 4.40 Å². The van der Waals surface area contributed by atoms with Crippen LogP contribution in [0.2, 0.25) is 0 Å². The second-order valence-electron chi connectivity index (χ2n) is 8.14. The van der Waals surface area contributed by atoms with Gasteiger partial charge in [0.1, 0.15) is 15.5 Å². The van der Waals surface area contributed by atoms with E-state index in [4.69, 9.17) is 0 Å². The Kier molecular flexibility index (Phi) is 5.70. The lowest BCUT2D eigenvalue weighted by molar-refractivity contribution is 0.103. The predicted molar refractivity (Wildman–Crippen MR) is 130 cm³/mol. The fourth-order valence-corrected chi connectivity index (χ4v) is 7.37. The van der Waals surface area contributed by atoms with Gasteiger partial charge in [0.2, 0.25) is 5.78 Å². The number of carbonyl (C=O) groups excluding carboxylic acids is 1. The number of pyridine rings is 1. The first-order valence-electron chi connectivity index (χ1n) is 10.7. The number of aryl methyl sites for hydroxylation is 2. The lowest BCUT2D eigenvalue weighted by Gasteiger charge is -2.09. The van der Waals surface area contributed by atoms with Gasteiger partial charge in [-0.05, 0) is 37.4 Å². The van der Waals surface area contributed by atoms with Gasteiger partial charge >= 0.3 is 0 Å². The minimum absolute atomic E-state index is 0.144. The van der Waals surface area contributed by atoms with Crippen molar-refractivity contribution in [2.75, 3.05) is 11.5 Å². The van der Waals surface area contributed by atoms with Gasteiger partial charge in [0.25, 0.3) is 0 Å². The molecule has 4 aromatic rings. The molecule has 0 bridgehead atoms. The summed E-state index contributed by atoms with van der Waals surface area (Å²) < 4.78 is 54.8. The highest BCUT2D eigenvalue weighted by molar-refractivity contribution is 7.94. The zero-order chi connectivity index (χ0) is 24.1. The van der Waals surface area contributed by atoms with Crippen molar-refractivity contribution >= 4 is 41.7 Å². The summed E-state index contributed by atoms with van der Waals surface area (Å²) in [5.74, 6) is -1.16. The normalized spacial score (nSPS) is 12.5. The van der Waals surface area contributed by atoms with Crippen LogP contribution >= 0.6 is 0 Å². The Bertz CT molecular complexity index is 1630. The zero-order valence-corrected chi connectivity index (χ0v) is 20.5. The summed E-state index contributed by atoms with van der Waals surface area (Å²) in [4.78, 5) is 13.1. The van der Waals surface area contributed by atoms with Gasteiger partial charge in [0.05, 0.1) is 17.0 Å². The highest BCUT2D eigenvalue weighted by Crippen LogP contribution is 2.38. The molecule has 0 fully saturated rings. The monoisotopic (exact) mass is 483 g/mol. The van der Waals surface area contributed by atoms with E-state index in [1.807, 2.05) is 32.0 Å². The summed E-state index contributed by atoms with van der Waals surface area (Å²) in [6, 6.07) is 14.2. The van der Waals surface area contributed by atoms with E-state index < -0.39 is 30.4 Å². The van der Waals surface area contributed by atoms with E-state index in [-0.39, 0.29) is 27.6 Å². The quantitative estimate of drug-likeness (QED) is 0.376. The molecule has 0 aliphatic carbocycles.